The van der Waals surface area contributed by atoms with Crippen LogP contribution in [0, 0.1) is 11.7 Å². The molecule has 3 rings (SSSR count). The second-order valence-electron chi connectivity index (χ2n) is 5.73. The summed E-state index contributed by atoms with van der Waals surface area (Å²) in [6.45, 7) is 0.689. The lowest BCUT2D eigenvalue weighted by Gasteiger charge is -2.16. The summed E-state index contributed by atoms with van der Waals surface area (Å²) in [6.07, 6.45) is 0.157. The quantitative estimate of drug-likeness (QED) is 0.924. The van der Waals surface area contributed by atoms with Crippen molar-refractivity contribution < 1.29 is 14.0 Å². The van der Waals surface area contributed by atoms with Crippen molar-refractivity contribution in [2.24, 2.45) is 5.92 Å². The van der Waals surface area contributed by atoms with Crippen molar-refractivity contribution in [3.8, 4) is 0 Å². The fraction of sp³-hybridized carbons (Fsp3) is 0.222. The van der Waals surface area contributed by atoms with Crippen molar-refractivity contribution in [2.75, 3.05) is 11.4 Å². The van der Waals surface area contributed by atoms with E-state index in [1.54, 1.807) is 24.3 Å². The van der Waals surface area contributed by atoms with Gasteiger partial charge >= 0.3 is 0 Å². The van der Waals surface area contributed by atoms with E-state index in [0.717, 1.165) is 5.56 Å². The number of nitrogens with one attached hydrogen (secondary N) is 1. The van der Waals surface area contributed by atoms with Crippen LogP contribution in [0.5, 0.6) is 0 Å². The van der Waals surface area contributed by atoms with E-state index in [2.05, 4.69) is 5.32 Å². The normalized spacial score (nSPS) is 17.2. The highest BCUT2D eigenvalue weighted by Crippen LogP contribution is 2.25. The van der Waals surface area contributed by atoms with Crippen molar-refractivity contribution >= 4 is 29.1 Å². The first-order valence-electron chi connectivity index (χ1n) is 7.61. The molecule has 1 fully saturated rings. The highest BCUT2D eigenvalue weighted by molar-refractivity contribution is 6.30. The number of amides is 2. The lowest BCUT2D eigenvalue weighted by Crippen LogP contribution is -2.32. The predicted octanol–water partition coefficient (Wildman–Crippen LogP) is 3.15. The first kappa shape index (κ1) is 16.5. The molecule has 1 atom stereocenters. The molecule has 0 saturated carbocycles. The second kappa shape index (κ2) is 7.01. The smallest absolute Gasteiger partial charge is 0.227 e. The van der Waals surface area contributed by atoms with E-state index in [0.29, 0.717) is 23.8 Å². The van der Waals surface area contributed by atoms with E-state index in [9.17, 15) is 14.0 Å². The molecule has 0 radical (unpaired) electrons. The maximum atomic E-state index is 13.0. The molecule has 4 nitrogen and oxygen atoms in total. The maximum Gasteiger partial charge on any atom is 0.227 e. The van der Waals surface area contributed by atoms with Gasteiger partial charge in [-0.3, -0.25) is 9.59 Å². The summed E-state index contributed by atoms with van der Waals surface area (Å²) < 4.78 is 13.0. The summed E-state index contributed by atoms with van der Waals surface area (Å²) in [7, 11) is 0. The van der Waals surface area contributed by atoms with Crippen LogP contribution < -0.4 is 10.2 Å². The Bertz CT molecular complexity index is 747. The highest BCUT2D eigenvalue weighted by Gasteiger charge is 2.34. The minimum atomic E-state index is -0.408. The SMILES string of the molecule is O=C(NCc1ccc(Cl)cc1)C1CC(=O)N(c2ccc(F)cc2)C1. The number of carbonyl (C=O) groups is 2. The number of anilines is 1. The molecule has 0 spiro atoms. The Morgan fingerprint density at radius 1 is 1.17 bits per heavy atom. The summed E-state index contributed by atoms with van der Waals surface area (Å²) in [4.78, 5) is 25.9. The fourth-order valence-electron chi connectivity index (χ4n) is 2.69. The molecule has 2 aromatic carbocycles. The van der Waals surface area contributed by atoms with Crippen molar-refractivity contribution in [1.82, 2.24) is 5.32 Å². The monoisotopic (exact) mass is 346 g/mol. The van der Waals surface area contributed by atoms with E-state index < -0.39 is 5.92 Å². The third kappa shape index (κ3) is 3.74. The van der Waals surface area contributed by atoms with Gasteiger partial charge in [-0.15, -0.1) is 0 Å². The van der Waals surface area contributed by atoms with Gasteiger partial charge in [0, 0.05) is 30.2 Å². The topological polar surface area (TPSA) is 49.4 Å². The van der Waals surface area contributed by atoms with Gasteiger partial charge in [0.05, 0.1) is 5.92 Å². The van der Waals surface area contributed by atoms with Crippen molar-refractivity contribution in [1.29, 1.82) is 0 Å². The molecule has 24 heavy (non-hydrogen) atoms. The van der Waals surface area contributed by atoms with Gasteiger partial charge in [0.15, 0.2) is 0 Å². The number of hydrogen-bond donors (Lipinski definition) is 1. The molecule has 2 aromatic rings. The summed E-state index contributed by atoms with van der Waals surface area (Å²) in [5.74, 6) is -1.06. The third-order valence-electron chi connectivity index (χ3n) is 4.01. The van der Waals surface area contributed by atoms with Gasteiger partial charge in [-0.05, 0) is 42.0 Å². The molecule has 1 aliphatic rings. The number of carbonyl (C=O) groups excluding carboxylic acids is 2. The van der Waals surface area contributed by atoms with Gasteiger partial charge in [-0.25, -0.2) is 4.39 Å². The average molecular weight is 347 g/mol. The highest BCUT2D eigenvalue weighted by atomic mass is 35.5. The Morgan fingerprint density at radius 2 is 1.83 bits per heavy atom. The Morgan fingerprint density at radius 3 is 2.50 bits per heavy atom. The number of rotatable bonds is 4. The summed E-state index contributed by atoms with van der Waals surface area (Å²) in [6, 6.07) is 12.9. The summed E-state index contributed by atoms with van der Waals surface area (Å²) in [5, 5.41) is 3.48. The van der Waals surface area contributed by atoms with E-state index in [1.165, 1.54) is 17.0 Å². The molecule has 1 unspecified atom stereocenters. The zero-order valence-corrected chi connectivity index (χ0v) is 13.6. The van der Waals surface area contributed by atoms with Crippen molar-refractivity contribution in [2.45, 2.75) is 13.0 Å². The average Bonchev–Trinajstić information content (AvgIpc) is 2.97. The van der Waals surface area contributed by atoms with E-state index in [1.807, 2.05) is 12.1 Å². The van der Waals surface area contributed by atoms with E-state index in [-0.39, 0.29) is 24.1 Å². The van der Waals surface area contributed by atoms with Crippen LogP contribution in [-0.4, -0.2) is 18.4 Å². The standard InChI is InChI=1S/C18H16ClFN2O2/c19-14-3-1-12(2-4-14)10-21-18(24)13-9-17(23)22(11-13)16-7-5-15(20)6-8-16/h1-8,13H,9-11H2,(H,21,24). The van der Waals surface area contributed by atoms with Crippen molar-refractivity contribution in [3.63, 3.8) is 0 Å². The first-order valence-corrected chi connectivity index (χ1v) is 7.99. The van der Waals surface area contributed by atoms with Crippen molar-refractivity contribution in [3.05, 3.63) is 64.9 Å². The minimum absolute atomic E-state index is 0.131. The lowest BCUT2D eigenvalue weighted by molar-refractivity contribution is -0.126. The van der Waals surface area contributed by atoms with E-state index >= 15 is 0 Å². The molecule has 1 saturated heterocycles. The molecule has 0 aliphatic carbocycles. The molecule has 1 aliphatic heterocycles. The van der Waals surface area contributed by atoms with Gasteiger partial charge in [0.25, 0.3) is 0 Å². The molecule has 2 amide bonds. The molecule has 1 heterocycles. The van der Waals surface area contributed by atoms with Crippen LogP contribution in [0.1, 0.15) is 12.0 Å². The van der Waals surface area contributed by atoms with Gasteiger partial charge in [0.2, 0.25) is 11.8 Å². The van der Waals surface area contributed by atoms with Crippen LogP contribution in [-0.2, 0) is 16.1 Å². The Labute approximate surface area is 144 Å². The zero-order chi connectivity index (χ0) is 17.1. The van der Waals surface area contributed by atoms with Crippen LogP contribution in [0.15, 0.2) is 48.5 Å². The zero-order valence-electron chi connectivity index (χ0n) is 12.8. The predicted molar refractivity (Wildman–Crippen MR) is 90.2 cm³/mol. The van der Waals surface area contributed by atoms with E-state index in [4.69, 9.17) is 11.6 Å². The first-order chi connectivity index (χ1) is 11.5. The summed E-state index contributed by atoms with van der Waals surface area (Å²) in [5.41, 5.74) is 1.54. The third-order valence-corrected chi connectivity index (χ3v) is 4.27. The van der Waals surface area contributed by atoms with Crippen LogP contribution in [0.3, 0.4) is 0 Å². The number of benzene rings is 2. The Hall–Kier alpha value is -2.40. The lowest BCUT2D eigenvalue weighted by atomic mass is 10.1. The van der Waals surface area contributed by atoms with Gasteiger partial charge in [0.1, 0.15) is 5.82 Å². The molecular weight excluding hydrogens is 331 g/mol. The molecule has 124 valence electrons. The van der Waals surface area contributed by atoms with Crippen LogP contribution in [0.4, 0.5) is 10.1 Å². The number of halogens is 2. The van der Waals surface area contributed by atoms with Gasteiger partial charge in [-0.2, -0.15) is 0 Å². The largest absolute Gasteiger partial charge is 0.352 e. The number of nitrogens with zero attached hydrogens (tertiary/aromatic N) is 1. The second-order valence-corrected chi connectivity index (χ2v) is 6.16. The van der Waals surface area contributed by atoms with Gasteiger partial charge in [-0.1, -0.05) is 23.7 Å². The molecule has 0 bridgehead atoms. The van der Waals surface area contributed by atoms with Gasteiger partial charge < -0.3 is 10.2 Å². The van der Waals surface area contributed by atoms with Crippen LogP contribution in [0.2, 0.25) is 5.02 Å². The van der Waals surface area contributed by atoms with Crippen LogP contribution in [0.25, 0.3) is 0 Å². The Balaban J connectivity index is 1.59. The minimum Gasteiger partial charge on any atom is -0.352 e. The molecular formula is C18H16ClFN2O2. The van der Waals surface area contributed by atoms with Crippen LogP contribution >= 0.6 is 11.6 Å². The summed E-state index contributed by atoms with van der Waals surface area (Å²) >= 11 is 5.82. The molecule has 1 N–H and O–H groups in total. The number of hydrogen-bond acceptors (Lipinski definition) is 2. The Kier molecular flexibility index (Phi) is 4.81. The maximum absolute atomic E-state index is 13.0. The molecule has 0 aromatic heterocycles. The fourth-order valence-corrected chi connectivity index (χ4v) is 2.82. The molecule has 6 heteroatoms.